The summed E-state index contributed by atoms with van der Waals surface area (Å²) >= 11 is 3.26. The third kappa shape index (κ3) is 13.5. The van der Waals surface area contributed by atoms with Crippen LogP contribution >= 0.6 is 15.9 Å². The second kappa shape index (κ2) is 25.0. The van der Waals surface area contributed by atoms with Gasteiger partial charge in [-0.3, -0.25) is 9.80 Å². The fraction of sp³-hybridized carbons (Fsp3) is 0.345. The zero-order valence-electron chi connectivity index (χ0n) is 44.2. The van der Waals surface area contributed by atoms with Crippen LogP contribution in [0.15, 0.2) is 114 Å². The van der Waals surface area contributed by atoms with E-state index in [4.69, 9.17) is 20.8 Å². The number of anilines is 2. The van der Waals surface area contributed by atoms with Crippen LogP contribution in [-0.4, -0.2) is 155 Å². The third-order valence-electron chi connectivity index (χ3n) is 14.3. The molecular weight excluding hydrogens is 1080 g/mol. The maximum atomic E-state index is 14.4. The van der Waals surface area contributed by atoms with E-state index in [9.17, 15) is 17.6 Å². The summed E-state index contributed by atoms with van der Waals surface area (Å²) in [6.45, 7) is 19.2. The highest BCUT2D eigenvalue weighted by Gasteiger charge is 2.51. The Bertz CT molecular complexity index is 3300. The van der Waals surface area contributed by atoms with E-state index in [-0.39, 0.29) is 60.4 Å². The highest BCUT2D eigenvalue weighted by Crippen LogP contribution is 2.37. The Balaban J connectivity index is 0.000000161. The monoisotopic (exact) mass is 1150 g/mol. The highest BCUT2D eigenvalue weighted by atomic mass is 79.9. The van der Waals surface area contributed by atoms with Gasteiger partial charge in [0.05, 0.1) is 22.3 Å². The predicted molar refractivity (Wildman–Crippen MR) is 301 cm³/mol. The summed E-state index contributed by atoms with van der Waals surface area (Å²) in [5.74, 6) is -3.39. The van der Waals surface area contributed by atoms with Crippen molar-refractivity contribution in [3.63, 3.8) is 0 Å². The van der Waals surface area contributed by atoms with Gasteiger partial charge in [0.25, 0.3) is 0 Å². The molecule has 0 unspecified atom stereocenters. The van der Waals surface area contributed by atoms with Gasteiger partial charge < -0.3 is 30.6 Å². The van der Waals surface area contributed by atoms with Gasteiger partial charge in [0, 0.05) is 87.9 Å². The Morgan fingerprint density at radius 2 is 1.00 bits per heavy atom. The van der Waals surface area contributed by atoms with E-state index in [1.165, 1.54) is 41.6 Å². The van der Waals surface area contributed by atoms with Crippen molar-refractivity contribution in [2.45, 2.75) is 59.4 Å². The van der Waals surface area contributed by atoms with Crippen molar-refractivity contribution in [2.75, 3.05) is 77.9 Å². The van der Waals surface area contributed by atoms with Gasteiger partial charge in [-0.25, -0.2) is 27.5 Å². The number of nitrogen functional groups attached to an aromatic ring is 2. The maximum absolute atomic E-state index is 14.4. The summed E-state index contributed by atoms with van der Waals surface area (Å²) in [6.07, 6.45) is 3.18. The van der Waals surface area contributed by atoms with Crippen LogP contribution in [0.5, 0.6) is 0 Å². The van der Waals surface area contributed by atoms with Crippen molar-refractivity contribution in [3.8, 4) is 45.3 Å². The van der Waals surface area contributed by atoms with Gasteiger partial charge in [-0.05, 0) is 137 Å². The second-order valence-corrected chi connectivity index (χ2v) is 21.3. The number of hydrogen-bond donors (Lipinski definition) is 2. The molecule has 7 heterocycles. The van der Waals surface area contributed by atoms with Gasteiger partial charge in [-0.1, -0.05) is 68.1 Å². The van der Waals surface area contributed by atoms with E-state index in [2.05, 4.69) is 155 Å². The SMILES string of the molecule is C.CN1CCN(Cc2ccc(-c3cnc(N)c(-c4nnnn4-c4cccc(F)c4F)c3)cc2)CC1.CN1CCN(Cc2ccc(B3OC(C)(C)C(C)(C)O3)cc2)CC1.Nc1ncc(Br)cc1-c1nnnn1-c1cccc(F)c1F. The van der Waals surface area contributed by atoms with Crippen LogP contribution in [0.4, 0.5) is 29.2 Å². The standard InChI is InChI=1S/C24H24F2N8.C18H29BN2O2.C12H7BrF2N6.CH4/c1-32-9-11-33(12-10-32)15-16-5-7-17(8-6-16)18-13-19(23(27)28-14-18)24-29-30-31-34(24)21-4-2-3-20(25)22(21)26;1-17(2)18(3,4)23-19(22-17)16-8-6-15(7-9-16)14-21-12-10-20(5)11-13-21;13-6-4-7(11(16)17-5-6)12-18-19-20-21(12)9-3-1-2-8(14)10(9)15;/h2-8,13-14H,9-12,15H2,1H3,(H2,27,28);6-9H,10-14H2,1-5H3;1-5H,(H2,16,17);1H4. The summed E-state index contributed by atoms with van der Waals surface area (Å²) < 4.78 is 70.5. The summed E-state index contributed by atoms with van der Waals surface area (Å²) in [5, 5.41) is 22.5. The minimum Gasteiger partial charge on any atom is -0.399 e. The molecule has 3 fully saturated rings. The van der Waals surface area contributed by atoms with E-state index in [0.29, 0.717) is 15.6 Å². The Morgan fingerprint density at radius 3 is 1.47 bits per heavy atom. The largest absolute Gasteiger partial charge is 0.494 e. The van der Waals surface area contributed by atoms with Gasteiger partial charge in [0.15, 0.2) is 34.9 Å². The Morgan fingerprint density at radius 1 is 0.570 bits per heavy atom. The number of piperazine rings is 2. The highest BCUT2D eigenvalue weighted by molar-refractivity contribution is 9.10. The van der Waals surface area contributed by atoms with Gasteiger partial charge in [-0.15, -0.1) is 10.2 Å². The van der Waals surface area contributed by atoms with Crippen molar-refractivity contribution >= 4 is 40.1 Å². The van der Waals surface area contributed by atoms with Crippen LogP contribution in [0, 0.1) is 23.3 Å². The molecule has 4 aromatic heterocycles. The Labute approximate surface area is 466 Å². The van der Waals surface area contributed by atoms with Crippen molar-refractivity contribution < 1.29 is 26.9 Å². The molecule has 79 heavy (non-hydrogen) atoms. The molecule has 24 heteroatoms. The van der Waals surface area contributed by atoms with Gasteiger partial charge in [0.1, 0.15) is 23.0 Å². The van der Waals surface area contributed by atoms with E-state index in [1.807, 2.05) is 12.1 Å². The van der Waals surface area contributed by atoms with Crippen LogP contribution in [0.2, 0.25) is 0 Å². The van der Waals surface area contributed by atoms with Crippen LogP contribution in [0.3, 0.4) is 0 Å². The van der Waals surface area contributed by atoms with Crippen molar-refractivity contribution in [2.24, 2.45) is 0 Å². The fourth-order valence-corrected chi connectivity index (χ4v) is 9.21. The zero-order chi connectivity index (χ0) is 55.3. The summed E-state index contributed by atoms with van der Waals surface area (Å²) in [5.41, 5.74) is 17.4. The minimum atomic E-state index is -1.05. The number of aromatic nitrogens is 10. The lowest BCUT2D eigenvalue weighted by Crippen LogP contribution is -2.43. The molecule has 0 amide bonds. The van der Waals surface area contributed by atoms with E-state index in [0.717, 1.165) is 104 Å². The molecule has 0 saturated carbocycles. The summed E-state index contributed by atoms with van der Waals surface area (Å²) in [7, 11) is 4.07. The Kier molecular flexibility index (Phi) is 18.4. The predicted octanol–water partition coefficient (Wildman–Crippen LogP) is 7.72. The molecule has 0 spiro atoms. The quantitative estimate of drug-likeness (QED) is 0.0997. The average Bonchev–Trinajstić information content (AvgIpc) is 4.17. The molecule has 0 bridgehead atoms. The van der Waals surface area contributed by atoms with Crippen LogP contribution in [0.1, 0.15) is 46.2 Å². The molecular formula is C55H64BBrF4N16O2. The van der Waals surface area contributed by atoms with Crippen molar-refractivity contribution in [1.29, 1.82) is 0 Å². The van der Waals surface area contributed by atoms with Crippen molar-refractivity contribution in [1.82, 2.24) is 70.0 Å². The second-order valence-electron chi connectivity index (χ2n) is 20.4. The first-order valence-electron chi connectivity index (χ1n) is 25.3. The Hall–Kier alpha value is -7.06. The molecule has 3 saturated heterocycles. The number of pyridine rings is 2. The van der Waals surface area contributed by atoms with Crippen LogP contribution < -0.4 is 16.9 Å². The lowest BCUT2D eigenvalue weighted by atomic mass is 9.79. The zero-order valence-corrected chi connectivity index (χ0v) is 45.7. The lowest BCUT2D eigenvalue weighted by molar-refractivity contribution is 0.00578. The summed E-state index contributed by atoms with van der Waals surface area (Å²) in [4.78, 5) is 18.0. The number of likely N-dealkylation sites (N-methyl/N-ethyl adjacent to an activating group) is 2. The molecule has 4 aromatic carbocycles. The van der Waals surface area contributed by atoms with Crippen LogP contribution in [-0.2, 0) is 22.4 Å². The first-order valence-corrected chi connectivity index (χ1v) is 26.1. The fourth-order valence-electron chi connectivity index (χ4n) is 8.88. The first kappa shape index (κ1) is 58.1. The third-order valence-corrected chi connectivity index (χ3v) is 14.8. The molecule has 3 aliphatic rings. The molecule has 11 rings (SSSR count). The molecule has 0 atom stereocenters. The van der Waals surface area contributed by atoms with E-state index >= 15 is 0 Å². The topological polar surface area (TPSA) is 196 Å². The molecule has 0 aliphatic carbocycles. The average molecular weight is 1150 g/mol. The van der Waals surface area contributed by atoms with Crippen molar-refractivity contribution in [3.05, 3.63) is 148 Å². The number of halogens is 5. The molecule has 4 N–H and O–H groups in total. The summed E-state index contributed by atoms with van der Waals surface area (Å²) in [6, 6.07) is 28.0. The van der Waals surface area contributed by atoms with E-state index in [1.54, 1.807) is 18.3 Å². The molecule has 414 valence electrons. The lowest BCUT2D eigenvalue weighted by Gasteiger charge is -2.32. The number of hydrogen-bond acceptors (Lipinski definition) is 16. The first-order chi connectivity index (χ1) is 37.3. The smallest absolute Gasteiger partial charge is 0.399 e. The number of tetrazole rings is 2. The number of rotatable bonds is 10. The number of nitrogens with zero attached hydrogens (tertiary/aromatic N) is 14. The molecule has 3 aliphatic heterocycles. The maximum Gasteiger partial charge on any atom is 0.494 e. The van der Waals surface area contributed by atoms with E-state index < -0.39 is 23.3 Å². The number of benzene rings is 4. The molecule has 0 radical (unpaired) electrons. The van der Waals surface area contributed by atoms with Gasteiger partial charge in [0.2, 0.25) is 0 Å². The van der Waals surface area contributed by atoms with Crippen LogP contribution in [0.25, 0.3) is 45.3 Å². The molecule has 18 nitrogen and oxygen atoms in total. The molecule has 8 aromatic rings. The normalized spacial score (nSPS) is 16.6. The number of nitrogens with two attached hydrogens (primary N) is 2. The minimum absolute atomic E-state index is 0. The van der Waals surface area contributed by atoms with Gasteiger partial charge >= 0.3 is 7.12 Å². The van der Waals surface area contributed by atoms with Gasteiger partial charge in [-0.2, -0.15) is 9.36 Å².